The fourth-order valence-corrected chi connectivity index (χ4v) is 4.00. The van der Waals surface area contributed by atoms with Crippen LogP contribution in [0.3, 0.4) is 0 Å². The molecule has 162 valence electrons. The number of carbonyl (C=O) groups is 1. The third kappa shape index (κ3) is 5.51. The summed E-state index contributed by atoms with van der Waals surface area (Å²) in [4.78, 5) is 21.4. The zero-order valence-corrected chi connectivity index (χ0v) is 18.5. The average molecular weight is 439 g/mol. The normalized spacial score (nSPS) is 15.7. The Hall–Kier alpha value is -2.70. The van der Waals surface area contributed by atoms with Gasteiger partial charge in [-0.1, -0.05) is 59.2 Å². The van der Waals surface area contributed by atoms with E-state index in [1.165, 1.54) is 5.56 Å². The van der Waals surface area contributed by atoms with Crippen molar-refractivity contribution in [2.24, 2.45) is 0 Å². The van der Waals surface area contributed by atoms with Crippen LogP contribution in [-0.2, 0) is 11.2 Å². The van der Waals surface area contributed by atoms with Gasteiger partial charge in [-0.3, -0.25) is 9.69 Å². The number of piperazine rings is 1. The third-order valence-electron chi connectivity index (χ3n) is 5.82. The summed E-state index contributed by atoms with van der Waals surface area (Å²) < 4.78 is 5.52. The molecule has 1 saturated heterocycles. The van der Waals surface area contributed by atoms with Gasteiger partial charge in [-0.2, -0.15) is 4.98 Å². The average Bonchev–Trinajstić information content (AvgIpc) is 3.31. The van der Waals surface area contributed by atoms with Gasteiger partial charge in [0.05, 0.1) is 6.04 Å². The van der Waals surface area contributed by atoms with Gasteiger partial charge in [-0.15, -0.1) is 0 Å². The smallest absolute Gasteiger partial charge is 0.244 e. The Balaban J connectivity index is 1.24. The van der Waals surface area contributed by atoms with Crippen molar-refractivity contribution in [3.8, 4) is 11.4 Å². The lowest BCUT2D eigenvalue weighted by molar-refractivity contribution is -0.133. The molecule has 1 aromatic heterocycles. The van der Waals surface area contributed by atoms with Gasteiger partial charge in [0.2, 0.25) is 17.6 Å². The lowest BCUT2D eigenvalue weighted by Gasteiger charge is -2.36. The summed E-state index contributed by atoms with van der Waals surface area (Å²) in [5, 5.41) is 4.86. The Bertz CT molecular complexity index is 982. The number of benzene rings is 2. The molecule has 0 aliphatic carbocycles. The molecule has 3 aromatic rings. The number of amides is 1. The minimum Gasteiger partial charge on any atom is -0.340 e. The van der Waals surface area contributed by atoms with Crippen LogP contribution in [0.5, 0.6) is 0 Å². The van der Waals surface area contributed by atoms with Crippen LogP contribution in [0.15, 0.2) is 59.1 Å². The molecule has 1 aliphatic rings. The van der Waals surface area contributed by atoms with Crippen LogP contribution in [0.4, 0.5) is 0 Å². The van der Waals surface area contributed by atoms with Crippen molar-refractivity contribution < 1.29 is 9.32 Å². The molecule has 7 heteroatoms. The molecular formula is C24H27ClN4O2. The van der Waals surface area contributed by atoms with Crippen molar-refractivity contribution >= 4 is 17.5 Å². The Morgan fingerprint density at radius 1 is 1.06 bits per heavy atom. The standard InChI is InChI=1S/C24H27ClN4O2/c1-18(24-26-23(27-31-24)20-7-3-2-4-8-20)28-14-16-29(17-15-28)22(30)9-5-6-19-10-12-21(25)13-11-19/h2-4,7-8,10-13,18H,5-6,9,14-17H2,1H3. The van der Waals surface area contributed by atoms with E-state index in [9.17, 15) is 4.79 Å². The number of rotatable bonds is 7. The quantitative estimate of drug-likeness (QED) is 0.538. The molecule has 1 aliphatic heterocycles. The summed E-state index contributed by atoms with van der Waals surface area (Å²) in [5.41, 5.74) is 2.16. The summed E-state index contributed by atoms with van der Waals surface area (Å²) in [7, 11) is 0. The lowest BCUT2D eigenvalue weighted by Crippen LogP contribution is -2.49. The molecule has 2 aromatic carbocycles. The maximum atomic E-state index is 12.6. The number of nitrogens with zero attached hydrogens (tertiary/aromatic N) is 4. The number of hydrogen-bond donors (Lipinski definition) is 0. The molecular weight excluding hydrogens is 412 g/mol. The van der Waals surface area contributed by atoms with Crippen LogP contribution >= 0.6 is 11.6 Å². The van der Waals surface area contributed by atoms with E-state index in [1.807, 2.05) is 59.5 Å². The highest BCUT2D eigenvalue weighted by atomic mass is 35.5. The molecule has 1 fully saturated rings. The van der Waals surface area contributed by atoms with E-state index in [4.69, 9.17) is 16.1 Å². The van der Waals surface area contributed by atoms with E-state index in [-0.39, 0.29) is 11.9 Å². The van der Waals surface area contributed by atoms with Crippen molar-refractivity contribution in [3.05, 3.63) is 71.1 Å². The maximum absolute atomic E-state index is 12.6. The fraction of sp³-hybridized carbons (Fsp3) is 0.375. The van der Waals surface area contributed by atoms with Gasteiger partial charge in [0, 0.05) is 43.2 Å². The summed E-state index contributed by atoms with van der Waals surface area (Å²) >= 11 is 5.92. The predicted octanol–water partition coefficient (Wildman–Crippen LogP) is 4.62. The zero-order valence-electron chi connectivity index (χ0n) is 17.7. The number of aromatic nitrogens is 2. The minimum absolute atomic E-state index is 0.0205. The van der Waals surface area contributed by atoms with E-state index in [0.717, 1.165) is 49.6 Å². The molecule has 1 atom stereocenters. The van der Waals surface area contributed by atoms with Crippen LogP contribution in [0, 0.1) is 0 Å². The van der Waals surface area contributed by atoms with Crippen LogP contribution in [0.2, 0.25) is 5.02 Å². The van der Waals surface area contributed by atoms with E-state index in [0.29, 0.717) is 18.1 Å². The molecule has 0 spiro atoms. The second-order valence-corrected chi connectivity index (χ2v) is 8.33. The molecule has 0 bridgehead atoms. The molecule has 31 heavy (non-hydrogen) atoms. The van der Waals surface area contributed by atoms with E-state index >= 15 is 0 Å². The largest absolute Gasteiger partial charge is 0.340 e. The molecule has 0 radical (unpaired) electrons. The first-order valence-corrected chi connectivity index (χ1v) is 11.1. The van der Waals surface area contributed by atoms with Crippen LogP contribution in [-0.4, -0.2) is 52.0 Å². The first-order chi connectivity index (χ1) is 15.1. The van der Waals surface area contributed by atoms with Crippen molar-refractivity contribution in [2.75, 3.05) is 26.2 Å². The highest BCUT2D eigenvalue weighted by Gasteiger charge is 2.27. The Kier molecular flexibility index (Phi) is 6.99. The van der Waals surface area contributed by atoms with Crippen molar-refractivity contribution in [3.63, 3.8) is 0 Å². The van der Waals surface area contributed by atoms with Gasteiger partial charge in [0.15, 0.2) is 0 Å². The maximum Gasteiger partial charge on any atom is 0.244 e. The molecule has 2 heterocycles. The van der Waals surface area contributed by atoms with E-state index < -0.39 is 0 Å². The van der Waals surface area contributed by atoms with Gasteiger partial charge < -0.3 is 9.42 Å². The van der Waals surface area contributed by atoms with Gasteiger partial charge in [-0.05, 0) is 37.5 Å². The second-order valence-electron chi connectivity index (χ2n) is 7.89. The van der Waals surface area contributed by atoms with Crippen molar-refractivity contribution in [1.82, 2.24) is 19.9 Å². The Morgan fingerprint density at radius 2 is 1.77 bits per heavy atom. The molecule has 1 amide bonds. The third-order valence-corrected chi connectivity index (χ3v) is 6.07. The first-order valence-electron chi connectivity index (χ1n) is 10.8. The highest BCUT2D eigenvalue weighted by molar-refractivity contribution is 6.30. The molecule has 0 saturated carbocycles. The van der Waals surface area contributed by atoms with Crippen LogP contribution < -0.4 is 0 Å². The summed E-state index contributed by atoms with van der Waals surface area (Å²) in [5.74, 6) is 1.45. The number of carbonyl (C=O) groups excluding carboxylic acids is 1. The predicted molar refractivity (Wildman–Crippen MR) is 121 cm³/mol. The lowest BCUT2D eigenvalue weighted by atomic mass is 10.1. The molecule has 1 unspecified atom stereocenters. The van der Waals surface area contributed by atoms with Crippen molar-refractivity contribution in [1.29, 1.82) is 0 Å². The van der Waals surface area contributed by atoms with E-state index in [2.05, 4.69) is 22.0 Å². The summed E-state index contributed by atoms with van der Waals surface area (Å²) in [6, 6.07) is 17.7. The second kappa shape index (κ2) is 10.1. The minimum atomic E-state index is 0.0205. The Morgan fingerprint density at radius 3 is 2.48 bits per heavy atom. The van der Waals surface area contributed by atoms with Gasteiger partial charge in [0.25, 0.3) is 0 Å². The van der Waals surface area contributed by atoms with Crippen LogP contribution in [0.1, 0.15) is 37.3 Å². The summed E-state index contributed by atoms with van der Waals surface area (Å²) in [6.45, 7) is 5.12. The zero-order chi connectivity index (χ0) is 21.6. The van der Waals surface area contributed by atoms with Gasteiger partial charge in [-0.25, -0.2) is 0 Å². The number of halogens is 1. The monoisotopic (exact) mass is 438 g/mol. The highest BCUT2D eigenvalue weighted by Crippen LogP contribution is 2.23. The molecule has 0 N–H and O–H groups in total. The SMILES string of the molecule is CC(c1nc(-c2ccccc2)no1)N1CCN(C(=O)CCCc2ccc(Cl)cc2)CC1. The first kappa shape index (κ1) is 21.5. The van der Waals surface area contributed by atoms with E-state index in [1.54, 1.807) is 0 Å². The van der Waals surface area contributed by atoms with Gasteiger partial charge in [0.1, 0.15) is 0 Å². The number of hydrogen-bond acceptors (Lipinski definition) is 5. The Labute approximate surface area is 187 Å². The molecule has 6 nitrogen and oxygen atoms in total. The fourth-order valence-electron chi connectivity index (χ4n) is 3.88. The number of aryl methyl sites for hydroxylation is 1. The van der Waals surface area contributed by atoms with Gasteiger partial charge >= 0.3 is 0 Å². The summed E-state index contributed by atoms with van der Waals surface area (Å²) in [6.07, 6.45) is 2.31. The van der Waals surface area contributed by atoms with Crippen molar-refractivity contribution in [2.45, 2.75) is 32.2 Å². The molecule has 4 rings (SSSR count). The van der Waals surface area contributed by atoms with Crippen LogP contribution in [0.25, 0.3) is 11.4 Å². The topological polar surface area (TPSA) is 62.5 Å².